The Morgan fingerprint density at radius 1 is 1.26 bits per heavy atom. The quantitative estimate of drug-likeness (QED) is 0.557. The lowest BCUT2D eigenvalue weighted by Gasteiger charge is -2.58. The number of hydrogen-bond acceptors (Lipinski definition) is 6. The third kappa shape index (κ3) is 4.29. The fourth-order valence-electron chi connectivity index (χ4n) is 3.37. The molecule has 2 rings (SSSR count). The van der Waals surface area contributed by atoms with Crippen molar-refractivity contribution in [1.82, 2.24) is 14.7 Å². The summed E-state index contributed by atoms with van der Waals surface area (Å²) in [4.78, 5) is 52.6. The van der Waals surface area contributed by atoms with Gasteiger partial charge in [0.25, 0.3) is 5.91 Å². The second kappa shape index (κ2) is 7.93. The van der Waals surface area contributed by atoms with Crippen LogP contribution >= 0.6 is 13.5 Å². The van der Waals surface area contributed by atoms with E-state index < -0.39 is 41.7 Å². The minimum Gasteiger partial charge on any atom is -0.444 e. The van der Waals surface area contributed by atoms with Gasteiger partial charge >= 0.3 is 6.09 Å². The average Bonchev–Trinajstić information content (AvgIpc) is 2.52. The van der Waals surface area contributed by atoms with Gasteiger partial charge in [-0.1, -0.05) is 0 Å². The van der Waals surface area contributed by atoms with Crippen molar-refractivity contribution in [3.63, 3.8) is 0 Å². The highest BCUT2D eigenvalue weighted by molar-refractivity contribution is 7.59. The van der Waals surface area contributed by atoms with Gasteiger partial charge in [0.15, 0.2) is 5.54 Å². The van der Waals surface area contributed by atoms with Crippen LogP contribution in [0.25, 0.3) is 0 Å². The lowest BCUT2D eigenvalue weighted by atomic mass is 9.82. The van der Waals surface area contributed by atoms with Crippen molar-refractivity contribution >= 4 is 37.3 Å². The van der Waals surface area contributed by atoms with Gasteiger partial charge in [-0.25, -0.2) is 4.79 Å². The number of ether oxygens (including phenoxy) is 1. The monoisotopic (exact) mass is 404 g/mol. The molecule has 0 radical (unpaired) electrons. The van der Waals surface area contributed by atoms with Crippen LogP contribution in [0.1, 0.15) is 27.7 Å². The number of primary amides is 1. The maximum absolute atomic E-state index is 12.8. The van der Waals surface area contributed by atoms with Crippen LogP contribution in [-0.2, 0) is 19.1 Å². The highest BCUT2D eigenvalue weighted by atomic mass is 32.1. The first-order valence-corrected chi connectivity index (χ1v) is 8.40. The summed E-state index contributed by atoms with van der Waals surface area (Å²) in [5.41, 5.74) is 3.27. The van der Waals surface area contributed by atoms with E-state index in [1.807, 2.05) is 0 Å². The van der Waals surface area contributed by atoms with Crippen molar-refractivity contribution in [3.05, 3.63) is 0 Å². The van der Waals surface area contributed by atoms with Crippen LogP contribution in [0.3, 0.4) is 0 Å². The molecule has 11 heteroatoms. The maximum Gasteiger partial charge on any atom is 0.410 e. The zero-order chi connectivity index (χ0) is 19.9. The molecule has 2 aliphatic heterocycles. The van der Waals surface area contributed by atoms with E-state index in [4.69, 9.17) is 10.5 Å². The highest BCUT2D eigenvalue weighted by Gasteiger charge is 2.62. The molecule has 2 fully saturated rings. The van der Waals surface area contributed by atoms with E-state index in [1.165, 1.54) is 16.7 Å². The molecule has 2 heterocycles. The second-order valence-corrected chi connectivity index (χ2v) is 7.64. The van der Waals surface area contributed by atoms with Gasteiger partial charge < -0.3 is 30.3 Å². The molecule has 0 aromatic carbocycles. The molecule has 10 nitrogen and oxygen atoms in total. The van der Waals surface area contributed by atoms with Crippen molar-refractivity contribution in [2.45, 2.75) is 44.9 Å². The molecule has 154 valence electrons. The van der Waals surface area contributed by atoms with E-state index in [-0.39, 0.29) is 45.6 Å². The standard InChI is InChI=1S/C16H26N4O6.H2S/c1-10(22)20-6-5-18(14(25)26-15(2,3)4)8-16(20)9-19(13(16)24)11(7-21)12(17)23;/h11,21H,5-9H2,1-4H3,(H2,17,23);1H2/t11-,16?;/m0./s1. The van der Waals surface area contributed by atoms with Gasteiger partial charge in [-0.05, 0) is 20.8 Å². The summed E-state index contributed by atoms with van der Waals surface area (Å²) in [7, 11) is 0. The summed E-state index contributed by atoms with van der Waals surface area (Å²) in [6, 6.07) is -1.15. The number of aliphatic hydroxyl groups excluding tert-OH is 1. The molecule has 1 spiro atoms. The number of piperazine rings is 1. The van der Waals surface area contributed by atoms with E-state index in [9.17, 15) is 24.3 Å². The van der Waals surface area contributed by atoms with Crippen LogP contribution in [0.4, 0.5) is 4.79 Å². The zero-order valence-corrected chi connectivity index (χ0v) is 17.0. The Morgan fingerprint density at radius 2 is 1.85 bits per heavy atom. The Kier molecular flexibility index (Phi) is 6.76. The normalized spacial score (nSPS) is 23.4. The number of nitrogens with zero attached hydrogens (tertiary/aromatic N) is 3. The van der Waals surface area contributed by atoms with Crippen LogP contribution in [0.5, 0.6) is 0 Å². The molecule has 4 amide bonds. The molecular formula is C16H28N4O6S. The number of rotatable bonds is 3. The molecule has 0 aliphatic carbocycles. The fourth-order valence-corrected chi connectivity index (χ4v) is 3.37. The Labute approximate surface area is 165 Å². The van der Waals surface area contributed by atoms with Crippen molar-refractivity contribution in [1.29, 1.82) is 0 Å². The average molecular weight is 404 g/mol. The largest absolute Gasteiger partial charge is 0.444 e. The highest BCUT2D eigenvalue weighted by Crippen LogP contribution is 2.35. The lowest BCUT2D eigenvalue weighted by Crippen LogP contribution is -2.83. The summed E-state index contributed by atoms with van der Waals surface area (Å²) >= 11 is 0. The lowest BCUT2D eigenvalue weighted by molar-refractivity contribution is -0.183. The van der Waals surface area contributed by atoms with Crippen molar-refractivity contribution < 1.29 is 29.0 Å². The summed E-state index contributed by atoms with van der Waals surface area (Å²) in [6.45, 7) is 6.35. The summed E-state index contributed by atoms with van der Waals surface area (Å²) in [5.74, 6) is -1.65. The molecule has 2 aliphatic rings. The number of aliphatic hydroxyl groups is 1. The molecule has 2 atom stereocenters. The van der Waals surface area contributed by atoms with E-state index in [0.29, 0.717) is 0 Å². The van der Waals surface area contributed by atoms with E-state index in [1.54, 1.807) is 20.8 Å². The molecule has 0 bridgehead atoms. The number of likely N-dealkylation sites (tertiary alicyclic amines) is 1. The Morgan fingerprint density at radius 3 is 2.26 bits per heavy atom. The molecule has 0 aromatic heterocycles. The Bertz CT molecular complexity index is 637. The van der Waals surface area contributed by atoms with Crippen molar-refractivity contribution in [2.24, 2.45) is 5.73 Å². The molecule has 3 N–H and O–H groups in total. The number of nitrogens with two attached hydrogens (primary N) is 1. The van der Waals surface area contributed by atoms with Crippen LogP contribution < -0.4 is 5.73 Å². The number of β-lactam (4-membered cyclic amide) rings is 1. The summed E-state index contributed by atoms with van der Waals surface area (Å²) in [5, 5.41) is 9.32. The smallest absolute Gasteiger partial charge is 0.410 e. The van der Waals surface area contributed by atoms with Gasteiger partial charge in [-0.2, -0.15) is 13.5 Å². The van der Waals surface area contributed by atoms with E-state index in [2.05, 4.69) is 0 Å². The van der Waals surface area contributed by atoms with E-state index in [0.717, 1.165) is 4.90 Å². The van der Waals surface area contributed by atoms with Crippen molar-refractivity contribution in [2.75, 3.05) is 32.8 Å². The molecule has 27 heavy (non-hydrogen) atoms. The first-order valence-electron chi connectivity index (χ1n) is 8.40. The zero-order valence-electron chi connectivity index (χ0n) is 16.0. The predicted molar refractivity (Wildman–Crippen MR) is 100 cm³/mol. The SMILES string of the molecule is CC(=O)N1CCN(C(=O)OC(C)(C)C)CC12CN([C@@H](CO)C(N)=O)C2=O.S. The first kappa shape index (κ1) is 23.0. The number of carbonyl (C=O) groups is 4. The van der Waals surface area contributed by atoms with Crippen LogP contribution in [0.2, 0.25) is 0 Å². The van der Waals surface area contributed by atoms with Gasteiger partial charge in [0, 0.05) is 20.0 Å². The van der Waals surface area contributed by atoms with Gasteiger partial charge in [0.1, 0.15) is 11.6 Å². The Hall–Kier alpha value is -2.01. The minimum atomic E-state index is -1.26. The number of hydrogen-bond donors (Lipinski definition) is 2. The number of carbonyl (C=O) groups excluding carboxylic acids is 4. The third-order valence-corrected chi connectivity index (χ3v) is 4.56. The summed E-state index contributed by atoms with van der Waals surface area (Å²) < 4.78 is 5.35. The van der Waals surface area contributed by atoms with Gasteiger partial charge in [0.2, 0.25) is 11.8 Å². The molecule has 2 saturated heterocycles. The first-order chi connectivity index (χ1) is 11.9. The second-order valence-electron chi connectivity index (χ2n) is 7.64. The van der Waals surface area contributed by atoms with Crippen LogP contribution in [0.15, 0.2) is 0 Å². The van der Waals surface area contributed by atoms with Gasteiger partial charge in [-0.15, -0.1) is 0 Å². The predicted octanol–water partition coefficient (Wildman–Crippen LogP) is -1.37. The minimum absolute atomic E-state index is 0. The fraction of sp³-hybridized carbons (Fsp3) is 0.750. The van der Waals surface area contributed by atoms with Gasteiger partial charge in [0.05, 0.1) is 19.7 Å². The van der Waals surface area contributed by atoms with E-state index >= 15 is 0 Å². The Balaban J connectivity index is 0.00000364. The third-order valence-electron chi connectivity index (χ3n) is 4.56. The van der Waals surface area contributed by atoms with Crippen LogP contribution in [-0.4, -0.2) is 93.6 Å². The summed E-state index contributed by atoms with van der Waals surface area (Å²) in [6.07, 6.45) is -0.570. The topological polar surface area (TPSA) is 133 Å². The molecule has 1 unspecified atom stereocenters. The van der Waals surface area contributed by atoms with Crippen molar-refractivity contribution in [3.8, 4) is 0 Å². The molecule has 0 aromatic rings. The van der Waals surface area contributed by atoms with Gasteiger partial charge in [-0.3, -0.25) is 14.4 Å². The molecule has 0 saturated carbocycles. The van der Waals surface area contributed by atoms with Crippen LogP contribution in [0, 0.1) is 0 Å². The number of amides is 4. The molecular weight excluding hydrogens is 376 g/mol. The maximum atomic E-state index is 12.8.